The predicted octanol–water partition coefficient (Wildman–Crippen LogP) is 1.93. The highest BCUT2D eigenvalue weighted by molar-refractivity contribution is 7.89. The normalized spacial score (nSPS) is 11.3. The van der Waals surface area contributed by atoms with Crippen LogP contribution < -0.4 is 9.46 Å². The average Bonchev–Trinajstić information content (AvgIpc) is 2.98. The molecule has 0 spiro atoms. The summed E-state index contributed by atoms with van der Waals surface area (Å²) in [6.45, 7) is 0.139. The lowest BCUT2D eigenvalue weighted by molar-refractivity contribution is 0.0696. The Hall–Kier alpha value is -1.90. The van der Waals surface area contributed by atoms with Crippen LogP contribution in [0.2, 0.25) is 0 Å². The molecule has 0 saturated carbocycles. The predicted molar refractivity (Wildman–Crippen MR) is 78.3 cm³/mol. The van der Waals surface area contributed by atoms with Crippen LogP contribution in [0, 0.1) is 0 Å². The fourth-order valence-electron chi connectivity index (χ4n) is 1.68. The summed E-state index contributed by atoms with van der Waals surface area (Å²) in [5.41, 5.74) is -0.118. The molecule has 21 heavy (non-hydrogen) atoms. The molecule has 0 amide bonds. The fourth-order valence-corrected chi connectivity index (χ4v) is 3.61. The van der Waals surface area contributed by atoms with Crippen LogP contribution in [0.25, 0.3) is 0 Å². The van der Waals surface area contributed by atoms with E-state index in [9.17, 15) is 13.2 Å². The smallest absolute Gasteiger partial charge is 0.335 e. The van der Waals surface area contributed by atoms with Gasteiger partial charge in [-0.1, -0.05) is 6.07 Å². The molecule has 0 atom stereocenters. The first kappa shape index (κ1) is 15.5. The van der Waals surface area contributed by atoms with Gasteiger partial charge in [-0.2, -0.15) is 0 Å². The van der Waals surface area contributed by atoms with E-state index in [1.807, 2.05) is 11.4 Å². The van der Waals surface area contributed by atoms with Crippen LogP contribution in [0.3, 0.4) is 0 Å². The van der Waals surface area contributed by atoms with Crippen LogP contribution in [0.1, 0.15) is 15.2 Å². The molecule has 8 heteroatoms. The van der Waals surface area contributed by atoms with Gasteiger partial charge in [-0.3, -0.25) is 0 Å². The quantitative estimate of drug-likeness (QED) is 0.846. The summed E-state index contributed by atoms with van der Waals surface area (Å²) in [4.78, 5) is 11.6. The molecule has 0 radical (unpaired) electrons. The third kappa shape index (κ3) is 3.60. The van der Waals surface area contributed by atoms with Crippen molar-refractivity contribution in [3.63, 3.8) is 0 Å². The maximum absolute atomic E-state index is 12.3. The van der Waals surface area contributed by atoms with E-state index in [0.29, 0.717) is 0 Å². The number of carboxylic acids is 1. The highest BCUT2D eigenvalue weighted by Crippen LogP contribution is 2.25. The number of benzene rings is 1. The number of aromatic carboxylic acids is 1. The Morgan fingerprint density at radius 2 is 2.14 bits per heavy atom. The van der Waals surface area contributed by atoms with Crippen LogP contribution in [-0.4, -0.2) is 26.6 Å². The van der Waals surface area contributed by atoms with E-state index in [1.54, 1.807) is 6.07 Å². The minimum Gasteiger partial charge on any atom is -0.495 e. The Kier molecular flexibility index (Phi) is 4.61. The van der Waals surface area contributed by atoms with Gasteiger partial charge >= 0.3 is 5.97 Å². The van der Waals surface area contributed by atoms with Crippen molar-refractivity contribution in [1.29, 1.82) is 0 Å². The lowest BCUT2D eigenvalue weighted by Gasteiger charge is -2.11. The summed E-state index contributed by atoms with van der Waals surface area (Å²) in [7, 11) is -2.54. The number of hydrogen-bond acceptors (Lipinski definition) is 5. The van der Waals surface area contributed by atoms with Gasteiger partial charge in [0.1, 0.15) is 10.6 Å². The molecule has 1 aromatic carbocycles. The van der Waals surface area contributed by atoms with Crippen LogP contribution in [0.4, 0.5) is 0 Å². The second kappa shape index (κ2) is 6.25. The van der Waals surface area contributed by atoms with E-state index in [1.165, 1.54) is 30.6 Å². The van der Waals surface area contributed by atoms with Gasteiger partial charge < -0.3 is 9.84 Å². The standard InChI is InChI=1S/C13H13NO5S2/c1-19-11-5-4-9(13(15)16)7-12(11)21(17,18)14-8-10-3-2-6-20-10/h2-7,14H,8H2,1H3,(H,15,16). The number of methoxy groups -OCH3 is 1. The molecule has 0 aliphatic heterocycles. The largest absolute Gasteiger partial charge is 0.495 e. The fraction of sp³-hybridized carbons (Fsp3) is 0.154. The van der Waals surface area contributed by atoms with Gasteiger partial charge in [-0.25, -0.2) is 17.9 Å². The Bertz CT molecular complexity index is 738. The van der Waals surface area contributed by atoms with Gasteiger partial charge in [-0.15, -0.1) is 11.3 Å². The number of nitrogens with one attached hydrogen (secondary N) is 1. The monoisotopic (exact) mass is 327 g/mol. The molecule has 0 bridgehead atoms. The Labute approximate surface area is 126 Å². The van der Waals surface area contributed by atoms with Crippen molar-refractivity contribution in [3.8, 4) is 5.75 Å². The molecule has 6 nitrogen and oxygen atoms in total. The molecule has 2 rings (SSSR count). The molecule has 2 aromatic rings. The topological polar surface area (TPSA) is 92.7 Å². The Morgan fingerprint density at radius 1 is 1.38 bits per heavy atom. The van der Waals surface area contributed by atoms with E-state index >= 15 is 0 Å². The molecule has 0 fully saturated rings. The zero-order chi connectivity index (χ0) is 15.5. The Morgan fingerprint density at radius 3 is 2.71 bits per heavy atom. The van der Waals surface area contributed by atoms with E-state index in [4.69, 9.17) is 9.84 Å². The van der Waals surface area contributed by atoms with Crippen LogP contribution in [0.15, 0.2) is 40.6 Å². The minimum absolute atomic E-state index is 0.0960. The lowest BCUT2D eigenvalue weighted by atomic mass is 10.2. The zero-order valence-electron chi connectivity index (χ0n) is 11.1. The van der Waals surface area contributed by atoms with Crippen molar-refractivity contribution in [1.82, 2.24) is 4.72 Å². The summed E-state index contributed by atoms with van der Waals surface area (Å²) >= 11 is 1.42. The first-order valence-electron chi connectivity index (χ1n) is 5.87. The summed E-state index contributed by atoms with van der Waals surface area (Å²) in [5, 5.41) is 10.8. The van der Waals surface area contributed by atoms with Gasteiger partial charge in [0.2, 0.25) is 10.0 Å². The van der Waals surface area contributed by atoms with Crippen molar-refractivity contribution in [2.75, 3.05) is 7.11 Å². The number of hydrogen-bond donors (Lipinski definition) is 2. The van der Waals surface area contributed by atoms with Gasteiger partial charge in [0, 0.05) is 11.4 Å². The number of carbonyl (C=O) groups is 1. The van der Waals surface area contributed by atoms with Gasteiger partial charge in [0.25, 0.3) is 0 Å². The van der Waals surface area contributed by atoms with Crippen LogP contribution in [-0.2, 0) is 16.6 Å². The minimum atomic E-state index is -3.87. The van der Waals surface area contributed by atoms with Crippen molar-refractivity contribution in [3.05, 3.63) is 46.2 Å². The molecular formula is C13H13NO5S2. The van der Waals surface area contributed by atoms with E-state index in [0.717, 1.165) is 10.9 Å². The SMILES string of the molecule is COc1ccc(C(=O)O)cc1S(=O)(=O)NCc1cccs1. The highest BCUT2D eigenvalue weighted by Gasteiger charge is 2.21. The van der Waals surface area contributed by atoms with Crippen LogP contribution in [0.5, 0.6) is 5.75 Å². The average molecular weight is 327 g/mol. The lowest BCUT2D eigenvalue weighted by Crippen LogP contribution is -2.23. The maximum atomic E-state index is 12.3. The van der Waals surface area contributed by atoms with E-state index in [-0.39, 0.29) is 22.8 Å². The molecule has 0 unspecified atom stereocenters. The second-order valence-corrected chi connectivity index (χ2v) is 6.84. The van der Waals surface area contributed by atoms with Crippen molar-refractivity contribution < 1.29 is 23.1 Å². The van der Waals surface area contributed by atoms with Gasteiger partial charge in [0.15, 0.2) is 0 Å². The van der Waals surface area contributed by atoms with Gasteiger partial charge in [-0.05, 0) is 29.6 Å². The number of thiophene rings is 1. The highest BCUT2D eigenvalue weighted by atomic mass is 32.2. The van der Waals surface area contributed by atoms with Crippen molar-refractivity contribution in [2.45, 2.75) is 11.4 Å². The maximum Gasteiger partial charge on any atom is 0.335 e. The number of sulfonamides is 1. The van der Waals surface area contributed by atoms with E-state index in [2.05, 4.69) is 4.72 Å². The Balaban J connectivity index is 2.33. The third-order valence-electron chi connectivity index (χ3n) is 2.72. The van der Waals surface area contributed by atoms with Crippen molar-refractivity contribution in [2.24, 2.45) is 0 Å². The summed E-state index contributed by atoms with van der Waals surface area (Å²) in [5.74, 6) is -1.11. The second-order valence-electron chi connectivity index (χ2n) is 4.07. The molecule has 2 N–H and O–H groups in total. The summed E-state index contributed by atoms with van der Waals surface area (Å²) in [6.07, 6.45) is 0. The zero-order valence-corrected chi connectivity index (χ0v) is 12.7. The summed E-state index contributed by atoms with van der Waals surface area (Å²) < 4.78 is 32.0. The molecule has 0 aliphatic rings. The molecule has 112 valence electrons. The first-order valence-corrected chi connectivity index (χ1v) is 8.23. The van der Waals surface area contributed by atoms with Gasteiger partial charge in [0.05, 0.1) is 12.7 Å². The van der Waals surface area contributed by atoms with Crippen LogP contribution >= 0.6 is 11.3 Å². The van der Waals surface area contributed by atoms with E-state index < -0.39 is 16.0 Å². The number of ether oxygens (including phenoxy) is 1. The molecule has 0 saturated heterocycles. The summed E-state index contributed by atoms with van der Waals surface area (Å²) in [6, 6.07) is 7.32. The number of carboxylic acid groups (broad SMARTS) is 1. The van der Waals surface area contributed by atoms with Crippen molar-refractivity contribution >= 4 is 27.3 Å². The molecular weight excluding hydrogens is 314 g/mol. The molecule has 0 aliphatic carbocycles. The number of rotatable bonds is 6. The third-order valence-corrected chi connectivity index (χ3v) is 5.02. The molecule has 1 aromatic heterocycles. The first-order chi connectivity index (χ1) is 9.94. The molecule has 1 heterocycles.